The van der Waals surface area contributed by atoms with Crippen molar-refractivity contribution in [1.82, 2.24) is 24.6 Å². The van der Waals surface area contributed by atoms with Crippen LogP contribution >= 0.6 is 11.6 Å². The molecular weight excluding hydrogens is 363 g/mol. The lowest BCUT2D eigenvalue weighted by molar-refractivity contribution is 0.0461. The fourth-order valence-corrected chi connectivity index (χ4v) is 3.72. The number of benzene rings is 1. The van der Waals surface area contributed by atoms with Crippen LogP contribution in [-0.4, -0.2) is 37.0 Å². The maximum Gasteiger partial charge on any atom is 0.258 e. The number of hydrogen-bond donors (Lipinski definition) is 1. The van der Waals surface area contributed by atoms with Crippen molar-refractivity contribution < 1.29 is 13.7 Å². The average molecular weight is 375 g/mol. The first-order valence-electron chi connectivity index (χ1n) is 7.99. The van der Waals surface area contributed by atoms with Crippen molar-refractivity contribution in [1.29, 1.82) is 0 Å². The molecule has 2 aliphatic rings. The van der Waals surface area contributed by atoms with Crippen LogP contribution in [0.25, 0.3) is 17.2 Å². The minimum absolute atomic E-state index is 0.120. The molecule has 132 valence electrons. The highest BCUT2D eigenvalue weighted by Crippen LogP contribution is 2.44. The van der Waals surface area contributed by atoms with Gasteiger partial charge in [-0.15, -0.1) is 0 Å². The fraction of sp³-hybridized carbons (Fsp3) is 0.250. The predicted molar refractivity (Wildman–Crippen MR) is 88.1 cm³/mol. The van der Waals surface area contributed by atoms with Crippen LogP contribution in [0, 0.1) is 5.82 Å². The number of halogens is 2. The third kappa shape index (κ3) is 1.92. The summed E-state index contributed by atoms with van der Waals surface area (Å²) in [4.78, 5) is 23.2. The Labute approximate surface area is 151 Å². The summed E-state index contributed by atoms with van der Waals surface area (Å²) in [5.74, 6) is -0.339. The van der Waals surface area contributed by atoms with E-state index in [1.807, 2.05) is 0 Å². The molecule has 2 aromatic heterocycles. The van der Waals surface area contributed by atoms with Gasteiger partial charge in [0.1, 0.15) is 17.8 Å². The van der Waals surface area contributed by atoms with Gasteiger partial charge in [-0.25, -0.2) is 9.37 Å². The Bertz CT molecular complexity index is 1060. The molecule has 4 heterocycles. The summed E-state index contributed by atoms with van der Waals surface area (Å²) < 4.78 is 20.8. The van der Waals surface area contributed by atoms with Crippen LogP contribution in [-0.2, 0) is 6.54 Å². The van der Waals surface area contributed by atoms with E-state index in [9.17, 15) is 9.18 Å². The highest BCUT2D eigenvalue weighted by atomic mass is 35.5. The van der Waals surface area contributed by atoms with Gasteiger partial charge in [-0.3, -0.25) is 9.36 Å². The average Bonchev–Trinajstić information content (AvgIpc) is 3.21. The molecule has 1 atom stereocenters. The first-order valence-corrected chi connectivity index (χ1v) is 8.37. The van der Waals surface area contributed by atoms with E-state index in [1.165, 1.54) is 12.1 Å². The third-order valence-electron chi connectivity index (χ3n) is 4.80. The summed E-state index contributed by atoms with van der Waals surface area (Å²) >= 11 is 6.12. The monoisotopic (exact) mass is 374 g/mol. The van der Waals surface area contributed by atoms with E-state index in [4.69, 9.17) is 21.9 Å². The zero-order valence-electron chi connectivity index (χ0n) is 13.3. The SMILES string of the molecule is NCc1nc(-c2ncn3c2[C@@H]2CCN2C(=O)c2c-3ccc(F)c2Cl)no1. The minimum atomic E-state index is -0.634. The van der Waals surface area contributed by atoms with E-state index in [-0.39, 0.29) is 29.1 Å². The molecule has 0 bridgehead atoms. The third-order valence-corrected chi connectivity index (χ3v) is 5.17. The van der Waals surface area contributed by atoms with E-state index in [0.29, 0.717) is 29.6 Å². The van der Waals surface area contributed by atoms with Crippen LogP contribution in [0.5, 0.6) is 0 Å². The Hall–Kier alpha value is -2.78. The molecule has 1 aromatic carbocycles. The van der Waals surface area contributed by atoms with Crippen molar-refractivity contribution in [2.24, 2.45) is 5.73 Å². The summed E-state index contributed by atoms with van der Waals surface area (Å²) in [6.45, 7) is 0.676. The molecule has 1 amide bonds. The Kier molecular flexibility index (Phi) is 3.19. The maximum atomic E-state index is 14.0. The summed E-state index contributed by atoms with van der Waals surface area (Å²) in [5.41, 5.74) is 7.39. The van der Waals surface area contributed by atoms with E-state index < -0.39 is 5.82 Å². The van der Waals surface area contributed by atoms with Gasteiger partial charge in [-0.05, 0) is 18.6 Å². The molecule has 0 unspecified atom stereocenters. The fourth-order valence-electron chi connectivity index (χ4n) is 3.48. The van der Waals surface area contributed by atoms with Crippen LogP contribution in [0.15, 0.2) is 23.0 Å². The van der Waals surface area contributed by atoms with Gasteiger partial charge in [-0.1, -0.05) is 16.8 Å². The number of nitrogens with two attached hydrogens (primary N) is 1. The summed E-state index contributed by atoms with van der Waals surface area (Å²) in [6.07, 6.45) is 2.31. The molecule has 2 N–H and O–H groups in total. The number of hydrogen-bond acceptors (Lipinski definition) is 6. The second-order valence-corrected chi connectivity index (χ2v) is 6.50. The maximum absolute atomic E-state index is 14.0. The van der Waals surface area contributed by atoms with E-state index in [2.05, 4.69) is 15.1 Å². The number of amides is 1. The predicted octanol–water partition coefficient (Wildman–Crippen LogP) is 2.07. The minimum Gasteiger partial charge on any atom is -0.338 e. The number of nitrogens with zero attached hydrogens (tertiary/aromatic N) is 5. The highest BCUT2D eigenvalue weighted by molar-refractivity contribution is 6.34. The molecule has 0 aliphatic carbocycles. The van der Waals surface area contributed by atoms with E-state index >= 15 is 0 Å². The lowest BCUT2D eigenvalue weighted by Gasteiger charge is -2.39. The number of imidazole rings is 1. The number of rotatable bonds is 2. The van der Waals surface area contributed by atoms with Crippen LogP contribution < -0.4 is 5.73 Å². The Morgan fingerprint density at radius 3 is 2.96 bits per heavy atom. The van der Waals surface area contributed by atoms with Crippen molar-refractivity contribution in [3.8, 4) is 17.2 Å². The molecule has 10 heteroatoms. The van der Waals surface area contributed by atoms with Gasteiger partial charge in [0.15, 0.2) is 0 Å². The number of fused-ring (bicyclic) bond motifs is 5. The summed E-state index contributed by atoms with van der Waals surface area (Å²) in [6, 6.07) is 2.55. The van der Waals surface area contributed by atoms with Gasteiger partial charge in [0.05, 0.1) is 34.6 Å². The van der Waals surface area contributed by atoms with Crippen molar-refractivity contribution in [3.05, 3.63) is 46.4 Å². The standard InChI is InChI=1S/C16H12ClFN6O2/c17-12-7(18)1-2-8-11(12)16(25)23-4-3-9(23)14-13(20-6-24(8)14)15-21-10(5-19)26-22-15/h1-2,6,9H,3-5,19H2/t9-/m0/s1. The molecule has 0 saturated carbocycles. The second kappa shape index (κ2) is 5.36. The Balaban J connectivity index is 1.78. The molecule has 1 saturated heterocycles. The largest absolute Gasteiger partial charge is 0.338 e. The normalized spacial score (nSPS) is 18.0. The summed E-state index contributed by atoms with van der Waals surface area (Å²) in [7, 11) is 0. The van der Waals surface area contributed by atoms with Gasteiger partial charge in [0.2, 0.25) is 11.7 Å². The number of carbonyl (C=O) groups is 1. The molecule has 5 rings (SSSR count). The van der Waals surface area contributed by atoms with Crippen molar-refractivity contribution in [2.75, 3.05) is 6.54 Å². The highest BCUT2D eigenvalue weighted by Gasteiger charge is 2.43. The zero-order valence-corrected chi connectivity index (χ0v) is 14.1. The van der Waals surface area contributed by atoms with Crippen molar-refractivity contribution >= 4 is 17.5 Å². The van der Waals surface area contributed by atoms with Crippen LogP contribution in [0.3, 0.4) is 0 Å². The zero-order chi connectivity index (χ0) is 18.0. The molecule has 3 aromatic rings. The number of carbonyl (C=O) groups excluding carboxylic acids is 1. The Morgan fingerprint density at radius 2 is 2.27 bits per heavy atom. The topological polar surface area (TPSA) is 103 Å². The molecule has 0 radical (unpaired) electrons. The lowest BCUT2D eigenvalue weighted by atomic mass is 9.97. The molecule has 0 spiro atoms. The van der Waals surface area contributed by atoms with Crippen LogP contribution in [0.1, 0.15) is 34.4 Å². The van der Waals surface area contributed by atoms with Gasteiger partial charge in [0, 0.05) is 6.54 Å². The van der Waals surface area contributed by atoms with E-state index in [1.54, 1.807) is 15.8 Å². The molecule has 8 nitrogen and oxygen atoms in total. The van der Waals surface area contributed by atoms with Gasteiger partial charge < -0.3 is 15.2 Å². The van der Waals surface area contributed by atoms with Gasteiger partial charge in [0.25, 0.3) is 5.91 Å². The van der Waals surface area contributed by atoms with E-state index in [0.717, 1.165) is 12.1 Å². The van der Waals surface area contributed by atoms with Gasteiger partial charge in [-0.2, -0.15) is 4.98 Å². The quantitative estimate of drug-likeness (QED) is 0.736. The van der Waals surface area contributed by atoms with Gasteiger partial charge >= 0.3 is 0 Å². The first-order chi connectivity index (χ1) is 12.6. The smallest absolute Gasteiger partial charge is 0.258 e. The lowest BCUT2D eigenvalue weighted by Crippen LogP contribution is -2.44. The molecule has 2 aliphatic heterocycles. The van der Waals surface area contributed by atoms with Crippen LogP contribution in [0.4, 0.5) is 4.39 Å². The number of aromatic nitrogens is 4. The second-order valence-electron chi connectivity index (χ2n) is 6.12. The van der Waals surface area contributed by atoms with Crippen molar-refractivity contribution in [3.63, 3.8) is 0 Å². The van der Waals surface area contributed by atoms with Crippen molar-refractivity contribution in [2.45, 2.75) is 19.0 Å². The molecule has 26 heavy (non-hydrogen) atoms. The first kappa shape index (κ1) is 15.5. The summed E-state index contributed by atoms with van der Waals surface area (Å²) in [5, 5.41) is 3.74. The molecule has 1 fully saturated rings. The molecular formula is C16H12ClFN6O2. The Morgan fingerprint density at radius 1 is 1.42 bits per heavy atom. The van der Waals surface area contributed by atoms with Crippen LogP contribution in [0.2, 0.25) is 5.02 Å².